The van der Waals surface area contributed by atoms with E-state index in [1.165, 1.54) is 23.2 Å². The number of fused-ring (bicyclic) bond motifs is 1. The highest BCUT2D eigenvalue weighted by molar-refractivity contribution is 9.10. The third-order valence-electron chi connectivity index (χ3n) is 4.05. The van der Waals surface area contributed by atoms with Gasteiger partial charge in [0.1, 0.15) is 5.75 Å². The molecule has 3 heteroatoms. The van der Waals surface area contributed by atoms with Crippen LogP contribution in [0.2, 0.25) is 0 Å². The zero-order chi connectivity index (χ0) is 14.8. The van der Waals surface area contributed by atoms with E-state index in [4.69, 9.17) is 4.74 Å². The maximum atomic E-state index is 5.35. The Bertz CT molecular complexity index is 641. The number of rotatable bonds is 3. The minimum atomic E-state index is 0.685. The summed E-state index contributed by atoms with van der Waals surface area (Å²) in [7, 11) is 1.71. The van der Waals surface area contributed by atoms with Crippen molar-refractivity contribution in [2.45, 2.75) is 19.9 Å². The van der Waals surface area contributed by atoms with Crippen LogP contribution in [0.25, 0.3) is 0 Å². The fraction of sp³-hybridized carbons (Fsp3) is 0.333. The molecule has 0 aromatic heterocycles. The minimum absolute atomic E-state index is 0.685. The van der Waals surface area contributed by atoms with Gasteiger partial charge in [-0.1, -0.05) is 41.1 Å². The summed E-state index contributed by atoms with van der Waals surface area (Å²) >= 11 is 3.66. The second-order valence-electron chi connectivity index (χ2n) is 5.78. The molecule has 21 heavy (non-hydrogen) atoms. The van der Waals surface area contributed by atoms with Gasteiger partial charge in [-0.2, -0.15) is 0 Å². The average Bonchev–Trinajstić information content (AvgIpc) is 2.49. The Morgan fingerprint density at radius 1 is 1.24 bits per heavy atom. The molecular weight excluding hydrogens is 326 g/mol. The van der Waals surface area contributed by atoms with Crippen molar-refractivity contribution in [1.29, 1.82) is 0 Å². The zero-order valence-electron chi connectivity index (χ0n) is 12.5. The Labute approximate surface area is 134 Å². The number of anilines is 1. The van der Waals surface area contributed by atoms with E-state index >= 15 is 0 Å². The topological polar surface area (TPSA) is 12.5 Å². The van der Waals surface area contributed by atoms with Crippen LogP contribution < -0.4 is 9.64 Å². The average molecular weight is 346 g/mol. The number of ether oxygens (including phenoxy) is 1. The molecule has 1 atom stereocenters. The van der Waals surface area contributed by atoms with Gasteiger partial charge in [0.15, 0.2) is 0 Å². The molecule has 0 saturated heterocycles. The predicted octanol–water partition coefficient (Wildman–Crippen LogP) is 4.66. The van der Waals surface area contributed by atoms with Gasteiger partial charge >= 0.3 is 0 Å². The summed E-state index contributed by atoms with van der Waals surface area (Å²) in [5.74, 6) is 1.59. The van der Waals surface area contributed by atoms with E-state index in [-0.39, 0.29) is 0 Å². The molecule has 0 amide bonds. The van der Waals surface area contributed by atoms with Crippen LogP contribution in [0.5, 0.6) is 5.75 Å². The Balaban J connectivity index is 1.91. The number of benzene rings is 2. The highest BCUT2D eigenvalue weighted by Gasteiger charge is 2.21. The third-order valence-corrected chi connectivity index (χ3v) is 4.82. The summed E-state index contributed by atoms with van der Waals surface area (Å²) in [4.78, 5) is 2.48. The summed E-state index contributed by atoms with van der Waals surface area (Å²) < 4.78 is 6.49. The lowest BCUT2D eigenvalue weighted by Crippen LogP contribution is -2.33. The fourth-order valence-corrected chi connectivity index (χ4v) is 3.43. The first-order valence-electron chi connectivity index (χ1n) is 7.32. The molecule has 2 aromatic carbocycles. The van der Waals surface area contributed by atoms with E-state index in [9.17, 15) is 0 Å². The summed E-state index contributed by atoms with van der Waals surface area (Å²) in [5.41, 5.74) is 4.08. The number of methoxy groups -OCH3 is 1. The Morgan fingerprint density at radius 2 is 2.05 bits per heavy atom. The Morgan fingerprint density at radius 3 is 2.86 bits per heavy atom. The second-order valence-corrected chi connectivity index (χ2v) is 6.63. The molecule has 0 spiro atoms. The van der Waals surface area contributed by atoms with Crippen molar-refractivity contribution in [3.8, 4) is 5.75 Å². The van der Waals surface area contributed by atoms with E-state index in [0.29, 0.717) is 5.92 Å². The lowest BCUT2D eigenvalue weighted by atomic mass is 9.93. The monoisotopic (exact) mass is 345 g/mol. The number of hydrogen-bond donors (Lipinski definition) is 0. The number of nitrogens with zero attached hydrogens (tertiary/aromatic N) is 1. The zero-order valence-corrected chi connectivity index (χ0v) is 14.1. The third kappa shape index (κ3) is 3.08. The van der Waals surface area contributed by atoms with Crippen LogP contribution in [0, 0.1) is 5.92 Å². The van der Waals surface area contributed by atoms with Gasteiger partial charge in [-0.3, -0.25) is 0 Å². The van der Waals surface area contributed by atoms with E-state index in [1.807, 2.05) is 6.07 Å². The standard InChI is InChI=1S/C18H20BrNO/c1-13-9-14-5-3-4-6-18(14)20(11-13)12-15-10-16(21-2)7-8-17(15)19/h3-8,10,13H,9,11-12H2,1-2H3. The smallest absolute Gasteiger partial charge is 0.119 e. The molecular formula is C18H20BrNO. The van der Waals surface area contributed by atoms with Crippen molar-refractivity contribution >= 4 is 21.6 Å². The van der Waals surface area contributed by atoms with E-state index in [1.54, 1.807) is 7.11 Å². The van der Waals surface area contributed by atoms with Crippen LogP contribution in [-0.2, 0) is 13.0 Å². The van der Waals surface area contributed by atoms with Crippen molar-refractivity contribution in [2.24, 2.45) is 5.92 Å². The molecule has 2 nitrogen and oxygen atoms in total. The van der Waals surface area contributed by atoms with Gasteiger partial charge < -0.3 is 9.64 Å². The first-order chi connectivity index (χ1) is 10.2. The van der Waals surface area contributed by atoms with Crippen molar-refractivity contribution in [2.75, 3.05) is 18.6 Å². The molecule has 0 radical (unpaired) electrons. The summed E-state index contributed by atoms with van der Waals surface area (Å²) in [6.07, 6.45) is 1.17. The lowest BCUT2D eigenvalue weighted by Gasteiger charge is -2.35. The van der Waals surface area contributed by atoms with Gasteiger partial charge in [0, 0.05) is 23.2 Å². The molecule has 2 aromatic rings. The Kier molecular flexibility index (Phi) is 4.20. The van der Waals surface area contributed by atoms with Crippen LogP contribution in [0.3, 0.4) is 0 Å². The molecule has 3 rings (SSSR count). The lowest BCUT2D eigenvalue weighted by molar-refractivity contribution is 0.414. The van der Waals surface area contributed by atoms with Crippen molar-refractivity contribution in [1.82, 2.24) is 0 Å². The molecule has 1 aliphatic rings. The molecule has 0 fully saturated rings. The Hall–Kier alpha value is -1.48. The minimum Gasteiger partial charge on any atom is -0.497 e. The maximum Gasteiger partial charge on any atom is 0.119 e. The SMILES string of the molecule is COc1ccc(Br)c(CN2CC(C)Cc3ccccc32)c1. The number of hydrogen-bond acceptors (Lipinski definition) is 2. The van der Waals surface area contributed by atoms with Gasteiger partial charge in [-0.25, -0.2) is 0 Å². The van der Waals surface area contributed by atoms with Gasteiger partial charge in [0.2, 0.25) is 0 Å². The molecule has 0 bridgehead atoms. The van der Waals surface area contributed by atoms with Crippen LogP contribution in [0.4, 0.5) is 5.69 Å². The second kappa shape index (κ2) is 6.10. The predicted molar refractivity (Wildman–Crippen MR) is 91.1 cm³/mol. The summed E-state index contributed by atoms with van der Waals surface area (Å²) in [6.45, 7) is 4.32. The first-order valence-corrected chi connectivity index (χ1v) is 8.12. The van der Waals surface area contributed by atoms with Crippen LogP contribution in [-0.4, -0.2) is 13.7 Å². The van der Waals surface area contributed by atoms with Crippen molar-refractivity contribution < 1.29 is 4.74 Å². The van der Waals surface area contributed by atoms with E-state index < -0.39 is 0 Å². The molecule has 0 saturated carbocycles. The molecule has 1 unspecified atom stereocenters. The van der Waals surface area contributed by atoms with E-state index in [0.717, 1.165) is 23.3 Å². The van der Waals surface area contributed by atoms with Crippen molar-refractivity contribution in [3.63, 3.8) is 0 Å². The quantitative estimate of drug-likeness (QED) is 0.802. The molecule has 110 valence electrons. The summed E-state index contributed by atoms with van der Waals surface area (Å²) in [5, 5.41) is 0. The highest BCUT2D eigenvalue weighted by atomic mass is 79.9. The maximum absolute atomic E-state index is 5.35. The van der Waals surface area contributed by atoms with Gasteiger partial charge in [0.05, 0.1) is 7.11 Å². The van der Waals surface area contributed by atoms with Crippen molar-refractivity contribution in [3.05, 3.63) is 58.1 Å². The largest absolute Gasteiger partial charge is 0.497 e. The molecule has 1 heterocycles. The molecule has 1 aliphatic heterocycles. The van der Waals surface area contributed by atoms with Gasteiger partial charge in [-0.05, 0) is 47.7 Å². The van der Waals surface area contributed by atoms with Crippen LogP contribution in [0.15, 0.2) is 46.9 Å². The van der Waals surface area contributed by atoms with Crippen LogP contribution in [0.1, 0.15) is 18.1 Å². The fourth-order valence-electron chi connectivity index (χ4n) is 3.06. The summed E-state index contributed by atoms with van der Waals surface area (Å²) in [6, 6.07) is 14.9. The number of halogens is 1. The van der Waals surface area contributed by atoms with Gasteiger partial charge in [0.25, 0.3) is 0 Å². The van der Waals surface area contributed by atoms with Gasteiger partial charge in [-0.15, -0.1) is 0 Å². The first kappa shape index (κ1) is 14.5. The normalized spacial score (nSPS) is 17.5. The highest BCUT2D eigenvalue weighted by Crippen LogP contribution is 2.32. The van der Waals surface area contributed by atoms with E-state index in [2.05, 4.69) is 64.2 Å². The number of para-hydroxylation sites is 1. The molecule has 0 N–H and O–H groups in total. The molecule has 0 aliphatic carbocycles. The van der Waals surface area contributed by atoms with Crippen LogP contribution >= 0.6 is 15.9 Å².